The highest BCUT2D eigenvalue weighted by atomic mass is 35.5. The Hall–Kier alpha value is -1.97. The van der Waals surface area contributed by atoms with Crippen LogP contribution in [0.5, 0.6) is 5.75 Å². The lowest BCUT2D eigenvalue weighted by Crippen LogP contribution is -2.07. The topological polar surface area (TPSA) is 38.3 Å². The van der Waals surface area contributed by atoms with Crippen molar-refractivity contribution >= 4 is 40.9 Å². The maximum Gasteiger partial charge on any atom is 0.248 e. The lowest BCUT2D eigenvalue weighted by atomic mass is 10.2. The first kappa shape index (κ1) is 16.4. The number of ether oxygens (including phenoxy) is 1. The molecule has 0 heterocycles. The highest BCUT2D eigenvalue weighted by Gasteiger charge is 2.03. The van der Waals surface area contributed by atoms with Gasteiger partial charge in [-0.05, 0) is 49.4 Å². The van der Waals surface area contributed by atoms with Gasteiger partial charge in [0.2, 0.25) is 5.91 Å². The van der Waals surface area contributed by atoms with Crippen molar-refractivity contribution < 1.29 is 9.53 Å². The summed E-state index contributed by atoms with van der Waals surface area (Å²) < 4.78 is 5.34. The molecule has 1 amide bonds. The van der Waals surface area contributed by atoms with Gasteiger partial charge < -0.3 is 10.1 Å². The molecule has 0 spiro atoms. The van der Waals surface area contributed by atoms with Crippen LogP contribution in [-0.4, -0.2) is 12.5 Å². The van der Waals surface area contributed by atoms with Crippen LogP contribution in [0.25, 0.3) is 6.08 Å². The van der Waals surface area contributed by atoms with Crippen molar-refractivity contribution in [2.75, 3.05) is 11.9 Å². The first-order valence-corrected chi connectivity index (χ1v) is 7.51. The van der Waals surface area contributed by atoms with Gasteiger partial charge in [-0.15, -0.1) is 0 Å². The summed E-state index contributed by atoms with van der Waals surface area (Å²) in [5.41, 5.74) is 1.30. The molecule has 0 saturated heterocycles. The fourth-order valence-corrected chi connectivity index (χ4v) is 2.34. The predicted molar refractivity (Wildman–Crippen MR) is 91.7 cm³/mol. The van der Waals surface area contributed by atoms with Crippen LogP contribution in [0.1, 0.15) is 12.5 Å². The summed E-state index contributed by atoms with van der Waals surface area (Å²) in [4.78, 5) is 11.9. The van der Waals surface area contributed by atoms with Crippen molar-refractivity contribution in [1.82, 2.24) is 0 Å². The number of halogens is 2. The second-order valence-electron chi connectivity index (χ2n) is 4.42. The largest absolute Gasteiger partial charge is 0.494 e. The van der Waals surface area contributed by atoms with E-state index in [9.17, 15) is 4.79 Å². The first-order valence-electron chi connectivity index (χ1n) is 6.76. The van der Waals surface area contributed by atoms with Gasteiger partial charge in [0.1, 0.15) is 5.75 Å². The molecule has 0 radical (unpaired) electrons. The zero-order valence-corrected chi connectivity index (χ0v) is 13.5. The zero-order valence-electron chi connectivity index (χ0n) is 12.0. The Morgan fingerprint density at radius 2 is 1.77 bits per heavy atom. The lowest BCUT2D eigenvalue weighted by molar-refractivity contribution is -0.111. The molecular weight excluding hydrogens is 321 g/mol. The van der Waals surface area contributed by atoms with Crippen LogP contribution < -0.4 is 10.1 Å². The van der Waals surface area contributed by atoms with E-state index in [1.165, 1.54) is 6.08 Å². The van der Waals surface area contributed by atoms with Crippen LogP contribution in [0.15, 0.2) is 48.5 Å². The number of amides is 1. The number of carbonyl (C=O) groups is 1. The van der Waals surface area contributed by atoms with Gasteiger partial charge in [0.05, 0.1) is 6.61 Å². The number of benzene rings is 2. The van der Waals surface area contributed by atoms with Crippen LogP contribution in [0.3, 0.4) is 0 Å². The molecule has 0 aliphatic heterocycles. The van der Waals surface area contributed by atoms with E-state index in [1.807, 2.05) is 6.92 Å². The molecule has 0 bridgehead atoms. The lowest BCUT2D eigenvalue weighted by Gasteiger charge is -2.05. The summed E-state index contributed by atoms with van der Waals surface area (Å²) in [7, 11) is 0. The summed E-state index contributed by atoms with van der Waals surface area (Å²) in [5.74, 6) is 0.499. The minimum absolute atomic E-state index is 0.264. The molecule has 22 heavy (non-hydrogen) atoms. The number of carbonyl (C=O) groups excluding carboxylic acids is 1. The van der Waals surface area contributed by atoms with E-state index < -0.39 is 0 Å². The molecule has 0 saturated carbocycles. The molecule has 2 aromatic rings. The summed E-state index contributed by atoms with van der Waals surface area (Å²) >= 11 is 12.1. The van der Waals surface area contributed by atoms with Crippen LogP contribution >= 0.6 is 23.2 Å². The molecule has 0 aliphatic rings. The monoisotopic (exact) mass is 335 g/mol. The minimum atomic E-state index is -0.264. The predicted octanol–water partition coefficient (Wildman–Crippen LogP) is 5.04. The molecule has 5 heteroatoms. The van der Waals surface area contributed by atoms with Gasteiger partial charge in [0.15, 0.2) is 0 Å². The molecule has 0 aromatic heterocycles. The Labute approximate surface area is 139 Å². The molecular formula is C17H15Cl2NO2. The van der Waals surface area contributed by atoms with Crippen molar-refractivity contribution in [2.45, 2.75) is 6.92 Å². The van der Waals surface area contributed by atoms with Gasteiger partial charge in [0, 0.05) is 27.4 Å². The fraction of sp³-hybridized carbons (Fsp3) is 0.118. The number of nitrogens with one attached hydrogen (secondary N) is 1. The smallest absolute Gasteiger partial charge is 0.248 e. The van der Waals surface area contributed by atoms with Crippen molar-refractivity contribution in [1.29, 1.82) is 0 Å². The van der Waals surface area contributed by atoms with Crippen molar-refractivity contribution in [2.24, 2.45) is 0 Å². The summed E-state index contributed by atoms with van der Waals surface area (Å²) in [6.07, 6.45) is 2.98. The molecule has 0 aliphatic carbocycles. The van der Waals surface area contributed by atoms with Crippen molar-refractivity contribution in [3.05, 3.63) is 64.1 Å². The molecule has 2 aromatic carbocycles. The Kier molecular flexibility index (Phi) is 5.87. The number of hydrogen-bond donors (Lipinski definition) is 1. The van der Waals surface area contributed by atoms with Gasteiger partial charge in [0.25, 0.3) is 0 Å². The molecule has 0 atom stereocenters. The highest BCUT2D eigenvalue weighted by Crippen LogP contribution is 2.25. The second kappa shape index (κ2) is 7.87. The van der Waals surface area contributed by atoms with Crippen LogP contribution in [0, 0.1) is 0 Å². The number of anilines is 1. The Balaban J connectivity index is 2.02. The normalized spacial score (nSPS) is 10.7. The third-order valence-electron chi connectivity index (χ3n) is 2.83. The Bertz CT molecular complexity index is 661. The van der Waals surface area contributed by atoms with E-state index in [1.54, 1.807) is 48.5 Å². The van der Waals surface area contributed by atoms with Gasteiger partial charge in [-0.25, -0.2) is 0 Å². The second-order valence-corrected chi connectivity index (χ2v) is 5.23. The quantitative estimate of drug-likeness (QED) is 0.777. The molecule has 0 unspecified atom stereocenters. The molecule has 2 rings (SSSR count). The average Bonchev–Trinajstić information content (AvgIpc) is 2.49. The standard InChI is InChI=1S/C17H15Cl2NO2/c1-2-22-13-8-6-12(7-9-13)20-17(21)11-10-14-15(18)4-3-5-16(14)19/h3-11H,2H2,1H3,(H,20,21)/b11-10+. The van der Waals surface area contributed by atoms with Crippen LogP contribution in [-0.2, 0) is 4.79 Å². The van der Waals surface area contributed by atoms with Crippen LogP contribution in [0.2, 0.25) is 10.0 Å². The van der Waals surface area contributed by atoms with E-state index in [0.717, 1.165) is 5.75 Å². The van der Waals surface area contributed by atoms with E-state index >= 15 is 0 Å². The molecule has 0 fully saturated rings. The van der Waals surface area contributed by atoms with Crippen molar-refractivity contribution in [3.63, 3.8) is 0 Å². The minimum Gasteiger partial charge on any atom is -0.494 e. The van der Waals surface area contributed by atoms with E-state index in [0.29, 0.717) is 27.9 Å². The van der Waals surface area contributed by atoms with Crippen molar-refractivity contribution in [3.8, 4) is 5.75 Å². The highest BCUT2D eigenvalue weighted by molar-refractivity contribution is 6.37. The third kappa shape index (κ3) is 4.52. The average molecular weight is 336 g/mol. The maximum absolute atomic E-state index is 11.9. The maximum atomic E-state index is 11.9. The fourth-order valence-electron chi connectivity index (χ4n) is 1.81. The summed E-state index contributed by atoms with van der Waals surface area (Å²) in [6, 6.07) is 12.3. The molecule has 1 N–H and O–H groups in total. The van der Waals surface area contributed by atoms with Gasteiger partial charge in [-0.1, -0.05) is 29.3 Å². The van der Waals surface area contributed by atoms with E-state index in [2.05, 4.69) is 5.32 Å². The first-order chi connectivity index (χ1) is 10.6. The zero-order chi connectivity index (χ0) is 15.9. The van der Waals surface area contributed by atoms with Crippen LogP contribution in [0.4, 0.5) is 5.69 Å². The number of rotatable bonds is 5. The van der Waals surface area contributed by atoms with E-state index in [-0.39, 0.29) is 5.91 Å². The van der Waals surface area contributed by atoms with Gasteiger partial charge in [-0.3, -0.25) is 4.79 Å². The SMILES string of the molecule is CCOc1ccc(NC(=O)/C=C/c2c(Cl)cccc2Cl)cc1. The number of hydrogen-bond acceptors (Lipinski definition) is 2. The summed E-state index contributed by atoms with van der Waals surface area (Å²) in [5, 5.41) is 3.75. The Morgan fingerprint density at radius 3 is 2.36 bits per heavy atom. The molecule has 114 valence electrons. The van der Waals surface area contributed by atoms with Gasteiger partial charge in [-0.2, -0.15) is 0 Å². The third-order valence-corrected chi connectivity index (χ3v) is 3.49. The van der Waals surface area contributed by atoms with E-state index in [4.69, 9.17) is 27.9 Å². The summed E-state index contributed by atoms with van der Waals surface area (Å²) in [6.45, 7) is 2.52. The molecule has 3 nitrogen and oxygen atoms in total. The van der Waals surface area contributed by atoms with Gasteiger partial charge >= 0.3 is 0 Å². The Morgan fingerprint density at radius 1 is 1.14 bits per heavy atom.